The minimum Gasteiger partial charge on any atom is -0.326 e. The Labute approximate surface area is 161 Å². The number of anilines is 1. The van der Waals surface area contributed by atoms with Gasteiger partial charge in [-0.1, -0.05) is 11.6 Å². The number of benzene rings is 2. The summed E-state index contributed by atoms with van der Waals surface area (Å²) < 4.78 is 53.1. The molecule has 9 heteroatoms. The number of carbonyl (C=O) groups is 1. The number of piperidine rings is 1. The van der Waals surface area contributed by atoms with Gasteiger partial charge >= 0.3 is 0 Å². The van der Waals surface area contributed by atoms with E-state index >= 15 is 0 Å². The van der Waals surface area contributed by atoms with Crippen LogP contribution in [0.4, 0.5) is 14.5 Å². The molecule has 1 aliphatic heterocycles. The highest BCUT2D eigenvalue weighted by atomic mass is 35.5. The molecule has 1 fully saturated rings. The van der Waals surface area contributed by atoms with Gasteiger partial charge in [-0.25, -0.2) is 17.2 Å². The summed E-state index contributed by atoms with van der Waals surface area (Å²) in [7, 11) is -3.75. The zero-order valence-corrected chi connectivity index (χ0v) is 15.7. The van der Waals surface area contributed by atoms with Crippen molar-refractivity contribution in [1.82, 2.24) is 4.31 Å². The van der Waals surface area contributed by atoms with Gasteiger partial charge in [-0.2, -0.15) is 4.31 Å². The highest BCUT2D eigenvalue weighted by Gasteiger charge is 2.33. The largest absolute Gasteiger partial charge is 0.326 e. The number of hydrogen-bond donors (Lipinski definition) is 1. The third-order valence-electron chi connectivity index (χ3n) is 4.39. The van der Waals surface area contributed by atoms with Gasteiger partial charge in [0.25, 0.3) is 0 Å². The van der Waals surface area contributed by atoms with Crippen LogP contribution in [0.25, 0.3) is 0 Å². The third-order valence-corrected chi connectivity index (χ3v) is 6.52. The molecule has 3 rings (SSSR count). The summed E-state index contributed by atoms with van der Waals surface area (Å²) in [5.74, 6) is -3.10. The molecule has 0 radical (unpaired) electrons. The molecule has 1 heterocycles. The van der Waals surface area contributed by atoms with Crippen LogP contribution in [-0.2, 0) is 14.8 Å². The average molecular weight is 415 g/mol. The van der Waals surface area contributed by atoms with Crippen molar-refractivity contribution < 1.29 is 22.0 Å². The van der Waals surface area contributed by atoms with Gasteiger partial charge in [0.15, 0.2) is 11.6 Å². The summed E-state index contributed by atoms with van der Waals surface area (Å²) in [6.07, 6.45) is 1.02. The Balaban J connectivity index is 1.72. The van der Waals surface area contributed by atoms with Gasteiger partial charge in [0, 0.05) is 29.9 Å². The number of nitrogens with one attached hydrogen (secondary N) is 1. The van der Waals surface area contributed by atoms with Gasteiger partial charge in [0.05, 0.1) is 10.8 Å². The minimum absolute atomic E-state index is 0.0144. The van der Waals surface area contributed by atoms with E-state index < -0.39 is 33.5 Å². The predicted octanol–water partition coefficient (Wildman–Crippen LogP) is 3.66. The molecule has 2 aromatic carbocycles. The Morgan fingerprint density at radius 2 is 1.81 bits per heavy atom. The minimum atomic E-state index is -3.75. The number of nitrogens with zero attached hydrogens (tertiary/aromatic N) is 1. The Morgan fingerprint density at radius 1 is 1.11 bits per heavy atom. The molecule has 5 nitrogen and oxygen atoms in total. The second-order valence-corrected chi connectivity index (χ2v) is 8.65. The first kappa shape index (κ1) is 19.7. The van der Waals surface area contributed by atoms with E-state index in [4.69, 9.17) is 11.6 Å². The fraction of sp³-hybridized carbons (Fsp3) is 0.278. The van der Waals surface area contributed by atoms with Gasteiger partial charge in [-0.3, -0.25) is 4.79 Å². The number of carbonyl (C=O) groups excluding carboxylic acids is 1. The smallest absolute Gasteiger partial charge is 0.243 e. The van der Waals surface area contributed by atoms with Crippen LogP contribution in [0.5, 0.6) is 0 Å². The van der Waals surface area contributed by atoms with Crippen molar-refractivity contribution in [3.05, 3.63) is 59.1 Å². The summed E-state index contributed by atoms with van der Waals surface area (Å²) in [6.45, 7) is 0.320. The lowest BCUT2D eigenvalue weighted by molar-refractivity contribution is -0.120. The Bertz CT molecular complexity index is 952. The van der Waals surface area contributed by atoms with Crippen molar-refractivity contribution in [2.24, 2.45) is 5.92 Å². The van der Waals surface area contributed by atoms with Crippen LogP contribution in [0.15, 0.2) is 47.4 Å². The maximum absolute atomic E-state index is 13.3. The lowest BCUT2D eigenvalue weighted by atomic mass is 9.98. The van der Waals surface area contributed by atoms with Crippen LogP contribution in [0.1, 0.15) is 12.8 Å². The Morgan fingerprint density at radius 3 is 2.48 bits per heavy atom. The van der Waals surface area contributed by atoms with Crippen LogP contribution in [-0.4, -0.2) is 31.7 Å². The summed E-state index contributed by atoms with van der Waals surface area (Å²) in [5, 5.41) is 2.94. The normalized spacial score (nSPS) is 18.3. The second kappa shape index (κ2) is 7.92. The monoisotopic (exact) mass is 414 g/mol. The molecule has 1 saturated heterocycles. The van der Waals surface area contributed by atoms with Gasteiger partial charge in [0.2, 0.25) is 15.9 Å². The lowest BCUT2D eigenvalue weighted by Crippen LogP contribution is -2.43. The van der Waals surface area contributed by atoms with E-state index in [1.54, 1.807) is 0 Å². The van der Waals surface area contributed by atoms with Crippen LogP contribution >= 0.6 is 11.6 Å². The van der Waals surface area contributed by atoms with E-state index in [9.17, 15) is 22.0 Å². The molecule has 1 unspecified atom stereocenters. The summed E-state index contributed by atoms with van der Waals surface area (Å²) in [4.78, 5) is 12.6. The first-order valence-electron chi connectivity index (χ1n) is 8.29. The fourth-order valence-corrected chi connectivity index (χ4v) is 4.60. The molecule has 0 spiro atoms. The molecule has 0 aromatic heterocycles. The van der Waals surface area contributed by atoms with E-state index in [0.717, 1.165) is 12.1 Å². The molecular weight excluding hydrogens is 398 g/mol. The van der Waals surface area contributed by atoms with Crippen LogP contribution in [0, 0.1) is 17.6 Å². The second-order valence-electron chi connectivity index (χ2n) is 6.27. The van der Waals surface area contributed by atoms with E-state index in [-0.39, 0.29) is 17.1 Å². The van der Waals surface area contributed by atoms with Gasteiger partial charge in [-0.05, 0) is 49.2 Å². The van der Waals surface area contributed by atoms with Crippen molar-refractivity contribution in [3.8, 4) is 0 Å². The standard InChI is InChI=1S/C18H17ClF2N2O3S/c19-13-3-6-15(7-4-13)27(25,26)23-9-1-2-12(11-23)18(24)22-14-5-8-16(20)17(21)10-14/h3-8,10,12H,1-2,9,11H2,(H,22,24). The number of hydrogen-bond acceptors (Lipinski definition) is 3. The van der Waals surface area contributed by atoms with Gasteiger partial charge < -0.3 is 5.32 Å². The molecule has 1 aliphatic rings. The van der Waals surface area contributed by atoms with Crippen LogP contribution in [0.3, 0.4) is 0 Å². The Kier molecular flexibility index (Phi) is 5.78. The number of halogens is 3. The van der Waals surface area contributed by atoms with Crippen molar-refractivity contribution in [3.63, 3.8) is 0 Å². The quantitative estimate of drug-likeness (QED) is 0.830. The number of rotatable bonds is 4. The molecule has 144 valence electrons. The zero-order valence-electron chi connectivity index (χ0n) is 14.2. The Hall–Kier alpha value is -2.03. The molecule has 0 aliphatic carbocycles. The fourth-order valence-electron chi connectivity index (χ4n) is 2.95. The molecule has 2 aromatic rings. The molecule has 1 N–H and O–H groups in total. The molecule has 0 bridgehead atoms. The molecule has 1 amide bonds. The predicted molar refractivity (Wildman–Crippen MR) is 97.9 cm³/mol. The van der Waals surface area contributed by atoms with Crippen LogP contribution < -0.4 is 5.32 Å². The number of sulfonamides is 1. The maximum atomic E-state index is 13.3. The zero-order chi connectivity index (χ0) is 19.6. The summed E-state index contributed by atoms with van der Waals surface area (Å²) in [5.41, 5.74) is 0.122. The average Bonchev–Trinajstić information content (AvgIpc) is 2.65. The van der Waals surface area contributed by atoms with Gasteiger partial charge in [-0.15, -0.1) is 0 Å². The van der Waals surface area contributed by atoms with Crippen molar-refractivity contribution in [2.75, 3.05) is 18.4 Å². The van der Waals surface area contributed by atoms with E-state index in [1.807, 2.05) is 0 Å². The summed E-state index contributed by atoms with van der Waals surface area (Å²) >= 11 is 5.80. The highest BCUT2D eigenvalue weighted by Crippen LogP contribution is 2.26. The van der Waals surface area contributed by atoms with E-state index in [1.165, 1.54) is 34.6 Å². The highest BCUT2D eigenvalue weighted by molar-refractivity contribution is 7.89. The topological polar surface area (TPSA) is 66.5 Å². The third kappa shape index (κ3) is 4.45. The van der Waals surface area contributed by atoms with Crippen molar-refractivity contribution in [2.45, 2.75) is 17.7 Å². The maximum Gasteiger partial charge on any atom is 0.243 e. The molecule has 0 saturated carbocycles. The molecule has 1 atom stereocenters. The van der Waals surface area contributed by atoms with Gasteiger partial charge in [0.1, 0.15) is 0 Å². The SMILES string of the molecule is O=C(Nc1ccc(F)c(F)c1)C1CCCN(S(=O)(=O)c2ccc(Cl)cc2)C1. The molecule has 27 heavy (non-hydrogen) atoms. The van der Waals surface area contributed by atoms with E-state index in [0.29, 0.717) is 24.4 Å². The summed E-state index contributed by atoms with van der Waals surface area (Å²) in [6, 6.07) is 8.88. The van der Waals surface area contributed by atoms with Crippen molar-refractivity contribution >= 4 is 33.2 Å². The number of amides is 1. The first-order valence-corrected chi connectivity index (χ1v) is 10.1. The van der Waals surface area contributed by atoms with E-state index in [2.05, 4.69) is 5.32 Å². The van der Waals surface area contributed by atoms with Crippen molar-refractivity contribution in [1.29, 1.82) is 0 Å². The molecular formula is C18H17ClF2N2O3S. The lowest BCUT2D eigenvalue weighted by Gasteiger charge is -2.31. The first-order chi connectivity index (χ1) is 12.8. The van der Waals surface area contributed by atoms with Crippen LogP contribution in [0.2, 0.25) is 5.02 Å².